The monoisotopic (exact) mass is 550 g/mol. The molecule has 0 aromatic rings. The Morgan fingerprint density at radius 3 is 1.41 bits per heavy atom. The van der Waals surface area contributed by atoms with Gasteiger partial charge in [0.1, 0.15) is 6.61 Å². The minimum atomic E-state index is -4.72. The molecular weight excluding hydrogens is 495 g/mol. The van der Waals surface area contributed by atoms with Gasteiger partial charge in [-0.1, -0.05) is 123 Å². The maximum atomic E-state index is 12.1. The van der Waals surface area contributed by atoms with Crippen molar-refractivity contribution in [2.75, 3.05) is 13.2 Å². The van der Waals surface area contributed by atoms with Crippen LogP contribution in [-0.4, -0.2) is 41.0 Å². The van der Waals surface area contributed by atoms with Crippen LogP contribution in [0.25, 0.3) is 0 Å². The van der Waals surface area contributed by atoms with Crippen molar-refractivity contribution in [3.05, 3.63) is 0 Å². The molecule has 0 amide bonds. The summed E-state index contributed by atoms with van der Waals surface area (Å²) < 4.78 is 25.9. The van der Waals surface area contributed by atoms with Gasteiger partial charge in [-0.15, -0.1) is 0 Å². The van der Waals surface area contributed by atoms with Crippen LogP contribution in [0.2, 0.25) is 0 Å². The lowest BCUT2D eigenvalue weighted by molar-refractivity contribution is -0.161. The van der Waals surface area contributed by atoms with Gasteiger partial charge >= 0.3 is 19.8 Å². The Balaban J connectivity index is 3.85. The molecule has 0 rings (SSSR count). The number of hydrogen-bond donors (Lipinski definition) is 2. The molecule has 8 nitrogen and oxygen atoms in total. The molecule has 0 saturated heterocycles. The number of hydrogen-bond acceptors (Lipinski definition) is 6. The molecule has 0 unspecified atom stereocenters. The number of phosphoric ester groups is 1. The third-order valence-electron chi connectivity index (χ3n) is 6.38. The van der Waals surface area contributed by atoms with Crippen molar-refractivity contribution in [3.63, 3.8) is 0 Å². The van der Waals surface area contributed by atoms with E-state index in [2.05, 4.69) is 18.4 Å². The zero-order chi connectivity index (χ0) is 27.6. The fourth-order valence-corrected chi connectivity index (χ4v) is 4.50. The van der Waals surface area contributed by atoms with Crippen LogP contribution >= 0.6 is 7.82 Å². The maximum Gasteiger partial charge on any atom is 0.469 e. The number of unbranched alkanes of at least 4 members (excludes halogenated alkanes) is 17. The summed E-state index contributed by atoms with van der Waals surface area (Å²) in [7, 11) is -4.72. The van der Waals surface area contributed by atoms with Crippen LogP contribution in [0.5, 0.6) is 0 Å². The van der Waals surface area contributed by atoms with Crippen molar-refractivity contribution in [2.24, 2.45) is 0 Å². The van der Waals surface area contributed by atoms with Crippen molar-refractivity contribution < 1.29 is 37.9 Å². The lowest BCUT2D eigenvalue weighted by Crippen LogP contribution is -2.29. The van der Waals surface area contributed by atoms with Gasteiger partial charge in [0.05, 0.1) is 6.61 Å². The van der Waals surface area contributed by atoms with E-state index in [-0.39, 0.29) is 19.4 Å². The average Bonchev–Trinajstić information content (AvgIpc) is 2.85. The Hall–Kier alpha value is -0.950. The Morgan fingerprint density at radius 2 is 0.973 bits per heavy atom. The van der Waals surface area contributed by atoms with Gasteiger partial charge in [-0.25, -0.2) is 4.57 Å². The molecule has 0 radical (unpaired) electrons. The van der Waals surface area contributed by atoms with Crippen LogP contribution in [0.3, 0.4) is 0 Å². The van der Waals surface area contributed by atoms with E-state index in [9.17, 15) is 14.2 Å². The van der Waals surface area contributed by atoms with E-state index < -0.39 is 32.5 Å². The lowest BCUT2D eigenvalue weighted by atomic mass is 10.0. The first-order valence-electron chi connectivity index (χ1n) is 14.8. The van der Waals surface area contributed by atoms with E-state index in [1.54, 1.807) is 0 Å². The second-order valence-corrected chi connectivity index (χ2v) is 11.3. The minimum Gasteiger partial charge on any atom is -0.462 e. The number of carbonyl (C=O) groups is 2. The standard InChI is InChI=1S/C28H55O8P/c1-3-5-7-9-10-11-12-13-14-15-16-17-18-19-21-22-27(29)34-24-26(25-35-37(31,32)33)36-28(30)23-20-8-6-4-2/h26H,3-25H2,1-2H3,(H2,31,32,33)/t26-/m1/s1. The van der Waals surface area contributed by atoms with E-state index in [0.717, 1.165) is 38.5 Å². The quantitative estimate of drug-likeness (QED) is 0.0604. The van der Waals surface area contributed by atoms with Gasteiger partial charge in [0.2, 0.25) is 0 Å². The Kier molecular flexibility index (Phi) is 24.7. The van der Waals surface area contributed by atoms with Crippen molar-refractivity contribution in [2.45, 2.75) is 155 Å². The van der Waals surface area contributed by atoms with Gasteiger partial charge in [-0.2, -0.15) is 0 Å². The Bertz CT molecular complexity index is 593. The van der Waals surface area contributed by atoms with Gasteiger partial charge in [0.25, 0.3) is 0 Å². The molecule has 0 heterocycles. The third-order valence-corrected chi connectivity index (χ3v) is 6.86. The summed E-state index contributed by atoms with van der Waals surface area (Å²) >= 11 is 0. The molecular formula is C28H55O8P. The first kappa shape index (κ1) is 36.0. The number of carbonyl (C=O) groups excluding carboxylic acids is 2. The molecule has 0 bridgehead atoms. The smallest absolute Gasteiger partial charge is 0.462 e. The predicted molar refractivity (Wildman–Crippen MR) is 147 cm³/mol. The SMILES string of the molecule is CCCCCCCCCCCCCCCCCC(=O)OC[C@H](COP(=O)(O)O)OC(=O)CCCCCC. The molecule has 0 aliphatic carbocycles. The summed E-state index contributed by atoms with van der Waals surface area (Å²) in [6, 6.07) is 0. The summed E-state index contributed by atoms with van der Waals surface area (Å²) in [6.45, 7) is 3.51. The van der Waals surface area contributed by atoms with Crippen LogP contribution in [0, 0.1) is 0 Å². The van der Waals surface area contributed by atoms with Crippen LogP contribution in [0.15, 0.2) is 0 Å². The van der Waals surface area contributed by atoms with E-state index in [0.29, 0.717) is 6.42 Å². The van der Waals surface area contributed by atoms with Gasteiger partial charge in [0, 0.05) is 12.8 Å². The fraction of sp³-hybridized carbons (Fsp3) is 0.929. The van der Waals surface area contributed by atoms with E-state index in [4.69, 9.17) is 19.3 Å². The molecule has 9 heteroatoms. The van der Waals surface area contributed by atoms with Crippen molar-refractivity contribution in [1.29, 1.82) is 0 Å². The predicted octanol–water partition coefficient (Wildman–Crippen LogP) is 7.78. The number of rotatable bonds is 27. The van der Waals surface area contributed by atoms with Gasteiger partial charge in [-0.3, -0.25) is 14.1 Å². The maximum absolute atomic E-state index is 12.1. The van der Waals surface area contributed by atoms with E-state index in [1.807, 2.05) is 0 Å². The fourth-order valence-electron chi connectivity index (χ4n) is 4.14. The van der Waals surface area contributed by atoms with Gasteiger partial charge < -0.3 is 19.3 Å². The molecule has 0 aromatic carbocycles. The second-order valence-electron chi connectivity index (χ2n) is 10.1. The highest BCUT2D eigenvalue weighted by Gasteiger charge is 2.22. The molecule has 0 saturated carbocycles. The zero-order valence-corrected chi connectivity index (χ0v) is 24.5. The summed E-state index contributed by atoms with van der Waals surface area (Å²) in [5.41, 5.74) is 0. The van der Waals surface area contributed by atoms with Gasteiger partial charge in [0.15, 0.2) is 6.10 Å². The Labute approximate surface area is 225 Å². The van der Waals surface area contributed by atoms with E-state index >= 15 is 0 Å². The highest BCUT2D eigenvalue weighted by atomic mass is 31.2. The third kappa shape index (κ3) is 27.9. The highest BCUT2D eigenvalue weighted by molar-refractivity contribution is 7.46. The number of esters is 2. The van der Waals surface area contributed by atoms with Crippen LogP contribution in [0.1, 0.15) is 149 Å². The molecule has 0 aromatic heterocycles. The Morgan fingerprint density at radius 1 is 0.595 bits per heavy atom. The molecule has 1 atom stereocenters. The van der Waals surface area contributed by atoms with Crippen LogP contribution in [-0.2, 0) is 28.2 Å². The molecule has 0 aliphatic rings. The summed E-state index contributed by atoms with van der Waals surface area (Å²) in [6.07, 6.45) is 21.8. The molecule has 0 aliphatic heterocycles. The topological polar surface area (TPSA) is 119 Å². The molecule has 0 fully saturated rings. The summed E-state index contributed by atoms with van der Waals surface area (Å²) in [5, 5.41) is 0. The highest BCUT2D eigenvalue weighted by Crippen LogP contribution is 2.35. The second kappa shape index (κ2) is 25.3. The minimum absolute atomic E-state index is 0.208. The molecule has 37 heavy (non-hydrogen) atoms. The van der Waals surface area contributed by atoms with Gasteiger partial charge in [-0.05, 0) is 12.8 Å². The van der Waals surface area contributed by atoms with Crippen LogP contribution < -0.4 is 0 Å². The first-order chi connectivity index (χ1) is 17.8. The molecule has 0 spiro atoms. The summed E-state index contributed by atoms with van der Waals surface area (Å²) in [5.74, 6) is -0.899. The largest absolute Gasteiger partial charge is 0.469 e. The van der Waals surface area contributed by atoms with Crippen LogP contribution in [0.4, 0.5) is 0 Å². The lowest BCUT2D eigenvalue weighted by Gasteiger charge is -2.18. The molecule has 220 valence electrons. The molecule has 2 N–H and O–H groups in total. The normalized spacial score (nSPS) is 12.4. The van der Waals surface area contributed by atoms with Crippen molar-refractivity contribution in [3.8, 4) is 0 Å². The van der Waals surface area contributed by atoms with E-state index in [1.165, 1.54) is 77.0 Å². The number of phosphoric acid groups is 1. The van der Waals surface area contributed by atoms with Crippen molar-refractivity contribution >= 4 is 19.8 Å². The average molecular weight is 551 g/mol. The van der Waals surface area contributed by atoms with Crippen molar-refractivity contribution in [1.82, 2.24) is 0 Å². The first-order valence-corrected chi connectivity index (χ1v) is 16.4. The zero-order valence-electron chi connectivity index (χ0n) is 23.6. The summed E-state index contributed by atoms with van der Waals surface area (Å²) in [4.78, 5) is 41.9. The number of ether oxygens (including phenoxy) is 2.